The van der Waals surface area contributed by atoms with Gasteiger partial charge in [-0.25, -0.2) is 8.42 Å². The van der Waals surface area contributed by atoms with Crippen LogP contribution in [0, 0.1) is 0 Å². The van der Waals surface area contributed by atoms with Crippen molar-refractivity contribution in [3.63, 3.8) is 0 Å². The minimum Gasteiger partial charge on any atom is -0.325 e. The standard InChI is InChI=1S/C19H19F2N5O3S2/c1-12(2)13-3-7-15(8-4-13)26-19(23-24-25-26)30-11-17(27)22-14-5-9-16(10-6-14)31(28,29)18(20)21/h3-10,12,18H,11H2,1-2H3,(H,22,27). The Kier molecular flexibility index (Phi) is 7.01. The van der Waals surface area contributed by atoms with Crippen molar-refractivity contribution in [2.24, 2.45) is 0 Å². The van der Waals surface area contributed by atoms with Crippen LogP contribution in [0.2, 0.25) is 0 Å². The van der Waals surface area contributed by atoms with Crippen molar-refractivity contribution in [1.82, 2.24) is 20.2 Å². The number of tetrazole rings is 1. The summed E-state index contributed by atoms with van der Waals surface area (Å²) < 4.78 is 49.5. The van der Waals surface area contributed by atoms with Crippen LogP contribution >= 0.6 is 11.8 Å². The first-order valence-corrected chi connectivity index (χ1v) is 11.6. The summed E-state index contributed by atoms with van der Waals surface area (Å²) >= 11 is 1.12. The van der Waals surface area contributed by atoms with E-state index in [4.69, 9.17) is 0 Å². The molecule has 0 spiro atoms. The normalized spacial score (nSPS) is 11.8. The second-order valence-electron chi connectivity index (χ2n) is 6.79. The number of benzene rings is 2. The number of amides is 1. The van der Waals surface area contributed by atoms with Crippen molar-refractivity contribution in [2.75, 3.05) is 11.1 Å². The number of hydrogen-bond acceptors (Lipinski definition) is 7. The number of rotatable bonds is 8. The van der Waals surface area contributed by atoms with E-state index in [1.807, 2.05) is 24.3 Å². The molecule has 1 aromatic heterocycles. The van der Waals surface area contributed by atoms with E-state index in [0.717, 1.165) is 29.6 Å². The zero-order valence-corrected chi connectivity index (χ0v) is 18.2. The Morgan fingerprint density at radius 3 is 2.32 bits per heavy atom. The van der Waals surface area contributed by atoms with E-state index in [9.17, 15) is 22.0 Å². The first-order valence-electron chi connectivity index (χ1n) is 9.12. The Morgan fingerprint density at radius 1 is 1.10 bits per heavy atom. The highest BCUT2D eigenvalue weighted by atomic mass is 32.2. The molecule has 0 saturated heterocycles. The number of alkyl halides is 2. The molecule has 164 valence electrons. The van der Waals surface area contributed by atoms with Crippen LogP contribution in [0.5, 0.6) is 0 Å². The predicted octanol–water partition coefficient (Wildman–Crippen LogP) is 3.51. The summed E-state index contributed by atoms with van der Waals surface area (Å²) in [5.41, 5.74) is 2.22. The molecule has 0 atom stereocenters. The van der Waals surface area contributed by atoms with Gasteiger partial charge in [-0.1, -0.05) is 37.7 Å². The van der Waals surface area contributed by atoms with Crippen LogP contribution in [0.25, 0.3) is 5.69 Å². The molecule has 0 radical (unpaired) electrons. The lowest BCUT2D eigenvalue weighted by atomic mass is 10.0. The molecule has 0 aliphatic carbocycles. The van der Waals surface area contributed by atoms with Gasteiger partial charge in [0.15, 0.2) is 0 Å². The molecule has 0 unspecified atom stereocenters. The zero-order chi connectivity index (χ0) is 22.6. The van der Waals surface area contributed by atoms with Gasteiger partial charge in [-0.3, -0.25) is 4.79 Å². The van der Waals surface area contributed by atoms with Crippen molar-refractivity contribution in [1.29, 1.82) is 0 Å². The number of hydrogen-bond donors (Lipinski definition) is 1. The van der Waals surface area contributed by atoms with Gasteiger partial charge in [-0.15, -0.1) is 5.10 Å². The second kappa shape index (κ2) is 9.52. The number of thioether (sulfide) groups is 1. The SMILES string of the molecule is CC(C)c1ccc(-n2nnnc2SCC(=O)Nc2ccc(S(=O)(=O)C(F)F)cc2)cc1. The van der Waals surface area contributed by atoms with Gasteiger partial charge in [0.05, 0.1) is 16.3 Å². The quantitative estimate of drug-likeness (QED) is 0.505. The molecule has 1 amide bonds. The monoisotopic (exact) mass is 467 g/mol. The van der Waals surface area contributed by atoms with Crippen molar-refractivity contribution in [3.8, 4) is 5.69 Å². The number of sulfone groups is 1. The number of nitrogens with one attached hydrogen (secondary N) is 1. The molecular weight excluding hydrogens is 448 g/mol. The molecule has 2 aromatic carbocycles. The van der Waals surface area contributed by atoms with Crippen molar-refractivity contribution in [2.45, 2.75) is 35.6 Å². The molecular formula is C19H19F2N5O3S2. The van der Waals surface area contributed by atoms with Gasteiger partial charge in [-0.05, 0) is 58.3 Å². The molecule has 31 heavy (non-hydrogen) atoms. The minimum absolute atomic E-state index is 0.0124. The van der Waals surface area contributed by atoms with Gasteiger partial charge in [0.2, 0.25) is 20.9 Å². The molecule has 1 N–H and O–H groups in total. The summed E-state index contributed by atoms with van der Waals surface area (Å²) in [5.74, 6) is -3.51. The summed E-state index contributed by atoms with van der Waals surface area (Å²) in [7, 11) is -4.68. The lowest BCUT2D eigenvalue weighted by Crippen LogP contribution is -2.15. The predicted molar refractivity (Wildman–Crippen MR) is 112 cm³/mol. The molecule has 3 aromatic rings. The number of halogens is 2. The highest BCUT2D eigenvalue weighted by Crippen LogP contribution is 2.22. The van der Waals surface area contributed by atoms with E-state index in [2.05, 4.69) is 34.7 Å². The molecule has 1 heterocycles. The van der Waals surface area contributed by atoms with Crippen molar-refractivity contribution >= 4 is 33.2 Å². The maximum atomic E-state index is 12.6. The van der Waals surface area contributed by atoms with E-state index in [0.29, 0.717) is 11.1 Å². The molecule has 0 aliphatic heterocycles. The van der Waals surface area contributed by atoms with Crippen LogP contribution in [-0.4, -0.2) is 46.0 Å². The summed E-state index contributed by atoms with van der Waals surface area (Å²) in [6, 6.07) is 12.3. The van der Waals surface area contributed by atoms with Gasteiger partial charge >= 0.3 is 5.76 Å². The molecule has 0 aliphatic rings. The van der Waals surface area contributed by atoms with Gasteiger partial charge < -0.3 is 5.32 Å². The van der Waals surface area contributed by atoms with E-state index in [1.54, 1.807) is 0 Å². The summed E-state index contributed by atoms with van der Waals surface area (Å²) in [4.78, 5) is 11.7. The van der Waals surface area contributed by atoms with Gasteiger partial charge in [0.1, 0.15) is 0 Å². The first-order chi connectivity index (χ1) is 14.7. The number of nitrogens with zero attached hydrogens (tertiary/aromatic N) is 4. The minimum atomic E-state index is -4.68. The fourth-order valence-corrected chi connectivity index (χ4v) is 4.00. The third-order valence-electron chi connectivity index (χ3n) is 4.28. The maximum absolute atomic E-state index is 12.6. The van der Waals surface area contributed by atoms with Crippen molar-refractivity contribution < 1.29 is 22.0 Å². The molecule has 12 heteroatoms. The Morgan fingerprint density at radius 2 is 1.74 bits per heavy atom. The number of carbonyl (C=O) groups excluding carboxylic acids is 1. The fourth-order valence-electron chi connectivity index (χ4n) is 2.59. The second-order valence-corrected chi connectivity index (χ2v) is 9.65. The Bertz CT molecular complexity index is 1150. The van der Waals surface area contributed by atoms with Crippen LogP contribution < -0.4 is 5.32 Å². The van der Waals surface area contributed by atoms with Crippen LogP contribution in [0.3, 0.4) is 0 Å². The molecule has 0 fully saturated rings. The molecule has 0 bridgehead atoms. The fraction of sp³-hybridized carbons (Fsp3) is 0.263. The lowest BCUT2D eigenvalue weighted by Gasteiger charge is -2.08. The zero-order valence-electron chi connectivity index (χ0n) is 16.6. The van der Waals surface area contributed by atoms with Crippen molar-refractivity contribution in [3.05, 3.63) is 54.1 Å². The average molecular weight is 468 g/mol. The van der Waals surface area contributed by atoms with Crippen LogP contribution in [-0.2, 0) is 14.6 Å². The smallest absolute Gasteiger partial charge is 0.325 e. The molecule has 8 nitrogen and oxygen atoms in total. The molecule has 3 rings (SSSR count). The Labute approximate surface area is 182 Å². The van der Waals surface area contributed by atoms with Crippen LogP contribution in [0.1, 0.15) is 25.3 Å². The molecule has 0 saturated carbocycles. The number of anilines is 1. The average Bonchev–Trinajstić information content (AvgIpc) is 3.21. The van der Waals surface area contributed by atoms with Gasteiger partial charge in [0.25, 0.3) is 0 Å². The van der Waals surface area contributed by atoms with E-state index in [-0.39, 0.29) is 17.3 Å². The van der Waals surface area contributed by atoms with Gasteiger partial charge in [0, 0.05) is 5.69 Å². The topological polar surface area (TPSA) is 107 Å². The Balaban J connectivity index is 1.61. The first kappa shape index (κ1) is 22.8. The van der Waals surface area contributed by atoms with Crippen LogP contribution in [0.4, 0.5) is 14.5 Å². The summed E-state index contributed by atoms with van der Waals surface area (Å²) in [6.45, 7) is 4.19. The highest BCUT2D eigenvalue weighted by Gasteiger charge is 2.26. The number of carbonyl (C=O) groups is 1. The number of aromatic nitrogens is 4. The summed E-state index contributed by atoms with van der Waals surface area (Å²) in [6.07, 6.45) is 0. The Hall–Kier alpha value is -2.86. The van der Waals surface area contributed by atoms with Gasteiger partial charge in [-0.2, -0.15) is 13.5 Å². The summed E-state index contributed by atoms with van der Waals surface area (Å²) in [5, 5.41) is 14.5. The van der Waals surface area contributed by atoms with Crippen LogP contribution in [0.15, 0.2) is 58.6 Å². The lowest BCUT2D eigenvalue weighted by molar-refractivity contribution is -0.113. The van der Waals surface area contributed by atoms with E-state index >= 15 is 0 Å². The van der Waals surface area contributed by atoms with E-state index < -0.39 is 20.5 Å². The maximum Gasteiger partial charge on any atom is 0.341 e. The largest absolute Gasteiger partial charge is 0.341 e. The third kappa shape index (κ3) is 5.44. The van der Waals surface area contributed by atoms with E-state index in [1.165, 1.54) is 22.4 Å². The third-order valence-corrected chi connectivity index (χ3v) is 6.60. The highest BCUT2D eigenvalue weighted by molar-refractivity contribution is 7.99.